The molecule has 1 aromatic rings. The summed E-state index contributed by atoms with van der Waals surface area (Å²) >= 11 is 0. The Kier molecular flexibility index (Phi) is 6.37. The minimum atomic E-state index is 0.279. The van der Waals surface area contributed by atoms with E-state index in [0.717, 1.165) is 19.3 Å². The lowest BCUT2D eigenvalue weighted by atomic mass is 9.96. The van der Waals surface area contributed by atoms with Gasteiger partial charge in [-0.25, -0.2) is 0 Å². The van der Waals surface area contributed by atoms with Crippen molar-refractivity contribution in [3.8, 4) is 0 Å². The normalized spacial score (nSPS) is 14.8. The van der Waals surface area contributed by atoms with Crippen molar-refractivity contribution in [2.24, 2.45) is 11.7 Å². The maximum atomic E-state index is 5.82. The van der Waals surface area contributed by atoms with Crippen molar-refractivity contribution in [3.63, 3.8) is 0 Å². The fourth-order valence-corrected chi connectivity index (χ4v) is 2.26. The summed E-state index contributed by atoms with van der Waals surface area (Å²) in [6, 6.07) is 9.71. The van der Waals surface area contributed by atoms with Gasteiger partial charge in [0.05, 0.1) is 0 Å². The smallest absolute Gasteiger partial charge is 0.0318 e. The lowest BCUT2D eigenvalue weighted by molar-refractivity contribution is 0.496. The Labute approximate surface area is 112 Å². The molecule has 0 heterocycles. The first-order valence-corrected chi connectivity index (χ1v) is 7.04. The van der Waals surface area contributed by atoms with Crippen LogP contribution in [-0.4, -0.2) is 13.1 Å². The molecular formula is C16H28N2. The van der Waals surface area contributed by atoms with Gasteiger partial charge in [0.2, 0.25) is 0 Å². The van der Waals surface area contributed by atoms with Crippen LogP contribution in [0.3, 0.4) is 0 Å². The quantitative estimate of drug-likeness (QED) is 0.777. The molecule has 0 aliphatic heterocycles. The van der Waals surface area contributed by atoms with E-state index in [2.05, 4.69) is 50.4 Å². The Bertz CT molecular complexity index is 327. The summed E-state index contributed by atoms with van der Waals surface area (Å²) in [6.45, 7) is 6.58. The minimum Gasteiger partial charge on any atom is -0.328 e. The molecule has 2 unspecified atom stereocenters. The molecule has 18 heavy (non-hydrogen) atoms. The van der Waals surface area contributed by atoms with Gasteiger partial charge in [0.25, 0.3) is 0 Å². The van der Waals surface area contributed by atoms with E-state index in [0.29, 0.717) is 12.0 Å². The molecule has 2 atom stereocenters. The lowest BCUT2D eigenvalue weighted by Gasteiger charge is -2.18. The molecule has 3 N–H and O–H groups in total. The fourth-order valence-electron chi connectivity index (χ4n) is 2.26. The number of nitrogens with one attached hydrogen (secondary N) is 1. The zero-order valence-electron chi connectivity index (χ0n) is 12.2. The van der Waals surface area contributed by atoms with Gasteiger partial charge in [-0.05, 0) is 50.3 Å². The largest absolute Gasteiger partial charge is 0.328 e. The van der Waals surface area contributed by atoms with Gasteiger partial charge in [-0.15, -0.1) is 0 Å². The van der Waals surface area contributed by atoms with Crippen molar-refractivity contribution in [1.29, 1.82) is 0 Å². The van der Waals surface area contributed by atoms with E-state index >= 15 is 0 Å². The highest BCUT2D eigenvalue weighted by atomic mass is 14.9. The topological polar surface area (TPSA) is 38.0 Å². The zero-order chi connectivity index (χ0) is 13.5. The molecule has 2 heteroatoms. The maximum absolute atomic E-state index is 5.82. The Balaban J connectivity index is 2.63. The molecular weight excluding hydrogens is 220 g/mol. The zero-order valence-corrected chi connectivity index (χ0v) is 12.2. The van der Waals surface area contributed by atoms with Crippen LogP contribution in [-0.2, 0) is 6.42 Å². The SMILES string of the molecule is CNC(CCC(C)N)c1ccc(CC(C)C)cc1. The Hall–Kier alpha value is -0.860. The van der Waals surface area contributed by atoms with Crippen LogP contribution in [0.25, 0.3) is 0 Å². The Morgan fingerprint density at radius 2 is 1.67 bits per heavy atom. The van der Waals surface area contributed by atoms with Crippen LogP contribution in [0.4, 0.5) is 0 Å². The molecule has 0 fully saturated rings. The number of nitrogens with two attached hydrogens (primary N) is 1. The third kappa shape index (κ3) is 5.19. The van der Waals surface area contributed by atoms with Gasteiger partial charge in [0.1, 0.15) is 0 Å². The Morgan fingerprint density at radius 1 is 1.06 bits per heavy atom. The number of benzene rings is 1. The summed E-state index contributed by atoms with van der Waals surface area (Å²) in [7, 11) is 2.02. The number of hydrogen-bond donors (Lipinski definition) is 2. The number of rotatable bonds is 7. The fraction of sp³-hybridized carbons (Fsp3) is 0.625. The van der Waals surface area contributed by atoms with Crippen molar-refractivity contribution in [2.45, 2.75) is 52.1 Å². The summed E-state index contributed by atoms with van der Waals surface area (Å²) in [4.78, 5) is 0. The van der Waals surface area contributed by atoms with E-state index in [-0.39, 0.29) is 6.04 Å². The molecule has 0 saturated heterocycles. The van der Waals surface area contributed by atoms with Gasteiger partial charge in [0.15, 0.2) is 0 Å². The summed E-state index contributed by atoms with van der Waals surface area (Å²) in [6.07, 6.45) is 3.31. The molecule has 0 radical (unpaired) electrons. The van der Waals surface area contributed by atoms with E-state index in [4.69, 9.17) is 5.73 Å². The molecule has 1 aromatic carbocycles. The summed E-state index contributed by atoms with van der Waals surface area (Å²) < 4.78 is 0. The van der Waals surface area contributed by atoms with Gasteiger partial charge in [-0.2, -0.15) is 0 Å². The molecule has 0 bridgehead atoms. The second kappa shape index (κ2) is 7.55. The monoisotopic (exact) mass is 248 g/mol. The highest BCUT2D eigenvalue weighted by Crippen LogP contribution is 2.20. The van der Waals surface area contributed by atoms with E-state index in [1.807, 2.05) is 7.05 Å². The second-order valence-electron chi connectivity index (χ2n) is 5.74. The molecule has 0 aromatic heterocycles. The molecule has 0 aliphatic carbocycles. The molecule has 102 valence electrons. The van der Waals surface area contributed by atoms with Crippen molar-refractivity contribution in [1.82, 2.24) is 5.32 Å². The van der Waals surface area contributed by atoms with Gasteiger partial charge in [-0.3, -0.25) is 0 Å². The van der Waals surface area contributed by atoms with Crippen LogP contribution < -0.4 is 11.1 Å². The van der Waals surface area contributed by atoms with Crippen molar-refractivity contribution in [3.05, 3.63) is 35.4 Å². The van der Waals surface area contributed by atoms with Crippen LogP contribution in [0.5, 0.6) is 0 Å². The summed E-state index contributed by atoms with van der Waals surface area (Å²) in [5, 5.41) is 3.38. The highest BCUT2D eigenvalue weighted by Gasteiger charge is 2.10. The molecule has 0 aliphatic rings. The molecule has 2 nitrogen and oxygen atoms in total. The first kappa shape index (κ1) is 15.2. The standard InChI is InChI=1S/C16H28N2/c1-12(2)11-14-6-8-15(9-7-14)16(18-4)10-5-13(3)17/h6-9,12-13,16,18H,5,10-11,17H2,1-4H3. The molecule has 1 rings (SSSR count). The second-order valence-corrected chi connectivity index (χ2v) is 5.74. The average Bonchev–Trinajstić information content (AvgIpc) is 2.31. The lowest BCUT2D eigenvalue weighted by Crippen LogP contribution is -2.21. The highest BCUT2D eigenvalue weighted by molar-refractivity contribution is 5.25. The van der Waals surface area contributed by atoms with Crippen molar-refractivity contribution >= 4 is 0 Å². The first-order chi connectivity index (χ1) is 8.52. The summed E-state index contributed by atoms with van der Waals surface area (Å²) in [5.74, 6) is 0.717. The van der Waals surface area contributed by atoms with E-state index in [1.54, 1.807) is 0 Å². The van der Waals surface area contributed by atoms with Crippen molar-refractivity contribution < 1.29 is 0 Å². The van der Waals surface area contributed by atoms with E-state index < -0.39 is 0 Å². The van der Waals surface area contributed by atoms with E-state index in [1.165, 1.54) is 11.1 Å². The number of hydrogen-bond acceptors (Lipinski definition) is 2. The maximum Gasteiger partial charge on any atom is 0.0318 e. The molecule has 0 spiro atoms. The Morgan fingerprint density at radius 3 is 2.11 bits per heavy atom. The molecule has 0 amide bonds. The first-order valence-electron chi connectivity index (χ1n) is 7.04. The van der Waals surface area contributed by atoms with Crippen LogP contribution >= 0.6 is 0 Å². The molecule has 0 saturated carbocycles. The van der Waals surface area contributed by atoms with Crippen LogP contribution in [0.2, 0.25) is 0 Å². The predicted molar refractivity (Wildman–Crippen MR) is 79.7 cm³/mol. The van der Waals surface area contributed by atoms with E-state index in [9.17, 15) is 0 Å². The third-order valence-electron chi connectivity index (χ3n) is 3.29. The average molecular weight is 248 g/mol. The third-order valence-corrected chi connectivity index (χ3v) is 3.29. The predicted octanol–water partition coefficient (Wildman–Crippen LogP) is 3.27. The van der Waals surface area contributed by atoms with Crippen molar-refractivity contribution in [2.75, 3.05) is 7.05 Å². The van der Waals surface area contributed by atoms with Gasteiger partial charge >= 0.3 is 0 Å². The summed E-state index contributed by atoms with van der Waals surface area (Å²) in [5.41, 5.74) is 8.62. The van der Waals surface area contributed by atoms with Gasteiger partial charge in [-0.1, -0.05) is 38.1 Å². The van der Waals surface area contributed by atoms with Crippen LogP contribution in [0.15, 0.2) is 24.3 Å². The minimum absolute atomic E-state index is 0.279. The van der Waals surface area contributed by atoms with Gasteiger partial charge < -0.3 is 11.1 Å². The van der Waals surface area contributed by atoms with Gasteiger partial charge in [0, 0.05) is 12.1 Å². The van der Waals surface area contributed by atoms with Crippen LogP contribution in [0, 0.1) is 5.92 Å². The van der Waals surface area contributed by atoms with Crippen LogP contribution in [0.1, 0.15) is 50.8 Å².